The Morgan fingerprint density at radius 2 is 2.06 bits per heavy atom. The Bertz CT molecular complexity index is 509. The van der Waals surface area contributed by atoms with E-state index in [1.54, 1.807) is 31.0 Å². The molecule has 1 aromatic carbocycles. The number of carbonyl (C=O) groups excluding carboxylic acids is 1. The standard InChI is InChI=1S/C12H10BrFO3/c1-12(2)16-10-7(5-6-13)3-4-8(14)9(10)11(15)17-12/h3-6H,1-2H3/b6-5-. The number of fused-ring (bicyclic) bond motifs is 1. The number of halogens is 2. The maximum absolute atomic E-state index is 13.6. The average Bonchev–Trinajstić information content (AvgIpc) is 2.20. The quantitative estimate of drug-likeness (QED) is 0.745. The number of hydrogen-bond acceptors (Lipinski definition) is 3. The van der Waals surface area contributed by atoms with Crippen LogP contribution in [0.4, 0.5) is 4.39 Å². The minimum Gasteiger partial charge on any atom is -0.451 e. The molecule has 17 heavy (non-hydrogen) atoms. The van der Waals surface area contributed by atoms with Crippen molar-refractivity contribution in [2.75, 3.05) is 0 Å². The van der Waals surface area contributed by atoms with Gasteiger partial charge in [-0.15, -0.1) is 0 Å². The van der Waals surface area contributed by atoms with Gasteiger partial charge in [-0.25, -0.2) is 9.18 Å². The number of cyclic esters (lactones) is 1. The van der Waals surface area contributed by atoms with Gasteiger partial charge in [-0.2, -0.15) is 0 Å². The lowest BCUT2D eigenvalue weighted by atomic mass is 10.1. The van der Waals surface area contributed by atoms with Crippen molar-refractivity contribution in [2.45, 2.75) is 19.6 Å². The summed E-state index contributed by atoms with van der Waals surface area (Å²) in [6.45, 7) is 3.20. The number of esters is 1. The molecule has 0 saturated carbocycles. The van der Waals surface area contributed by atoms with Gasteiger partial charge < -0.3 is 9.47 Å². The van der Waals surface area contributed by atoms with Crippen LogP contribution in [0, 0.1) is 5.82 Å². The molecule has 5 heteroatoms. The lowest BCUT2D eigenvalue weighted by Gasteiger charge is -2.32. The van der Waals surface area contributed by atoms with Crippen molar-refractivity contribution in [1.29, 1.82) is 0 Å². The van der Waals surface area contributed by atoms with Gasteiger partial charge in [0.2, 0.25) is 5.79 Å². The van der Waals surface area contributed by atoms with E-state index in [-0.39, 0.29) is 11.3 Å². The van der Waals surface area contributed by atoms with E-state index in [0.29, 0.717) is 5.56 Å². The predicted octanol–water partition coefficient (Wildman–Crippen LogP) is 3.48. The SMILES string of the molecule is CC1(C)OC(=O)c2c(F)ccc(/C=C\Br)c2O1. The highest BCUT2D eigenvalue weighted by Crippen LogP contribution is 2.36. The maximum Gasteiger partial charge on any atom is 0.348 e. The molecule has 1 aliphatic rings. The Kier molecular flexibility index (Phi) is 2.95. The Balaban J connectivity index is 2.65. The number of rotatable bonds is 1. The third kappa shape index (κ3) is 2.20. The summed E-state index contributed by atoms with van der Waals surface area (Å²) in [7, 11) is 0. The van der Waals surface area contributed by atoms with E-state index in [1.165, 1.54) is 6.07 Å². The van der Waals surface area contributed by atoms with Gasteiger partial charge in [0, 0.05) is 19.4 Å². The molecule has 0 N–H and O–H groups in total. The van der Waals surface area contributed by atoms with Crippen LogP contribution in [-0.4, -0.2) is 11.8 Å². The van der Waals surface area contributed by atoms with Crippen LogP contribution in [0.25, 0.3) is 6.08 Å². The second-order valence-electron chi connectivity index (χ2n) is 4.02. The van der Waals surface area contributed by atoms with Crippen LogP contribution in [0.1, 0.15) is 29.8 Å². The minimum atomic E-state index is -1.09. The normalized spacial score (nSPS) is 17.5. The minimum absolute atomic E-state index is 0.160. The van der Waals surface area contributed by atoms with Crippen LogP contribution >= 0.6 is 15.9 Å². The van der Waals surface area contributed by atoms with Gasteiger partial charge in [0.15, 0.2) is 0 Å². The molecule has 90 valence electrons. The second kappa shape index (κ2) is 4.14. The van der Waals surface area contributed by atoms with Crippen LogP contribution in [0.2, 0.25) is 0 Å². The largest absolute Gasteiger partial charge is 0.451 e. The van der Waals surface area contributed by atoms with Crippen LogP contribution in [0.5, 0.6) is 5.75 Å². The zero-order valence-electron chi connectivity index (χ0n) is 9.29. The average molecular weight is 301 g/mol. The summed E-state index contributed by atoms with van der Waals surface area (Å²) in [5.74, 6) is -2.24. The van der Waals surface area contributed by atoms with E-state index in [4.69, 9.17) is 9.47 Å². The molecule has 0 spiro atoms. The molecule has 0 unspecified atom stereocenters. The first-order chi connectivity index (χ1) is 7.94. The first kappa shape index (κ1) is 12.1. The van der Waals surface area contributed by atoms with Gasteiger partial charge in [-0.1, -0.05) is 15.9 Å². The van der Waals surface area contributed by atoms with E-state index >= 15 is 0 Å². The molecule has 1 aliphatic heterocycles. The first-order valence-corrected chi connectivity index (χ1v) is 5.88. The van der Waals surface area contributed by atoms with Crippen molar-refractivity contribution in [1.82, 2.24) is 0 Å². The molecule has 0 amide bonds. The lowest BCUT2D eigenvalue weighted by molar-refractivity contribution is -0.128. The number of hydrogen-bond donors (Lipinski definition) is 0. The molecule has 0 fully saturated rings. The fourth-order valence-electron chi connectivity index (χ4n) is 1.61. The van der Waals surface area contributed by atoms with Gasteiger partial charge >= 0.3 is 5.97 Å². The maximum atomic E-state index is 13.6. The summed E-state index contributed by atoms with van der Waals surface area (Å²) < 4.78 is 24.1. The van der Waals surface area contributed by atoms with Crippen LogP contribution in [0.15, 0.2) is 17.1 Å². The smallest absolute Gasteiger partial charge is 0.348 e. The molecule has 0 radical (unpaired) electrons. The summed E-state index contributed by atoms with van der Waals surface area (Å²) in [5, 5.41) is 0. The zero-order chi connectivity index (χ0) is 12.6. The van der Waals surface area contributed by atoms with Crippen molar-refractivity contribution < 1.29 is 18.7 Å². The Labute approximate surface area is 106 Å². The Morgan fingerprint density at radius 3 is 2.71 bits per heavy atom. The van der Waals surface area contributed by atoms with Crippen molar-refractivity contribution in [2.24, 2.45) is 0 Å². The lowest BCUT2D eigenvalue weighted by Crippen LogP contribution is -2.39. The van der Waals surface area contributed by atoms with E-state index in [9.17, 15) is 9.18 Å². The molecule has 1 heterocycles. The molecular formula is C12H10BrFO3. The first-order valence-electron chi connectivity index (χ1n) is 4.96. The monoisotopic (exact) mass is 300 g/mol. The summed E-state index contributed by atoms with van der Waals surface area (Å²) in [6, 6.07) is 2.75. The van der Waals surface area contributed by atoms with Gasteiger partial charge in [-0.05, 0) is 23.2 Å². The fraction of sp³-hybridized carbons (Fsp3) is 0.250. The number of benzene rings is 1. The summed E-state index contributed by atoms with van der Waals surface area (Å²) >= 11 is 3.13. The van der Waals surface area contributed by atoms with E-state index in [1.807, 2.05) is 0 Å². The van der Waals surface area contributed by atoms with Crippen molar-refractivity contribution in [3.63, 3.8) is 0 Å². The van der Waals surface area contributed by atoms with E-state index in [2.05, 4.69) is 15.9 Å². The fourth-order valence-corrected chi connectivity index (χ4v) is 1.90. The third-order valence-electron chi connectivity index (χ3n) is 2.27. The van der Waals surface area contributed by atoms with E-state index < -0.39 is 17.6 Å². The molecule has 0 saturated heterocycles. The Hall–Kier alpha value is -1.36. The topological polar surface area (TPSA) is 35.5 Å². The zero-order valence-corrected chi connectivity index (χ0v) is 10.9. The van der Waals surface area contributed by atoms with Crippen LogP contribution in [0.3, 0.4) is 0 Å². The molecular weight excluding hydrogens is 291 g/mol. The van der Waals surface area contributed by atoms with Crippen molar-refractivity contribution in [3.05, 3.63) is 34.1 Å². The van der Waals surface area contributed by atoms with Crippen molar-refractivity contribution in [3.8, 4) is 5.75 Å². The molecule has 0 aromatic heterocycles. The van der Waals surface area contributed by atoms with Crippen molar-refractivity contribution >= 4 is 28.0 Å². The second-order valence-corrected chi connectivity index (χ2v) is 4.55. The highest BCUT2D eigenvalue weighted by Gasteiger charge is 2.37. The molecule has 1 aromatic rings. The number of ether oxygens (including phenoxy) is 2. The third-order valence-corrected chi connectivity index (χ3v) is 2.53. The van der Waals surface area contributed by atoms with Gasteiger partial charge in [0.05, 0.1) is 0 Å². The molecule has 0 atom stereocenters. The van der Waals surface area contributed by atoms with Gasteiger partial charge in [0.1, 0.15) is 17.1 Å². The number of carbonyl (C=O) groups is 1. The Morgan fingerprint density at radius 1 is 1.35 bits per heavy atom. The molecule has 0 bridgehead atoms. The highest BCUT2D eigenvalue weighted by atomic mass is 79.9. The van der Waals surface area contributed by atoms with Gasteiger partial charge in [-0.3, -0.25) is 0 Å². The summed E-state index contributed by atoms with van der Waals surface area (Å²) in [4.78, 5) is 13.3. The van der Waals surface area contributed by atoms with Gasteiger partial charge in [0.25, 0.3) is 0 Å². The summed E-state index contributed by atoms with van der Waals surface area (Å²) in [6.07, 6.45) is 1.67. The molecule has 3 nitrogen and oxygen atoms in total. The van der Waals surface area contributed by atoms with Crippen LogP contribution in [-0.2, 0) is 4.74 Å². The van der Waals surface area contributed by atoms with E-state index in [0.717, 1.165) is 0 Å². The predicted molar refractivity (Wildman–Crippen MR) is 64.5 cm³/mol. The van der Waals surface area contributed by atoms with Crippen LogP contribution < -0.4 is 4.74 Å². The molecule has 0 aliphatic carbocycles. The molecule has 2 rings (SSSR count). The highest BCUT2D eigenvalue weighted by molar-refractivity contribution is 9.11. The summed E-state index contributed by atoms with van der Waals surface area (Å²) in [5.41, 5.74) is 0.454.